The second-order valence-corrected chi connectivity index (χ2v) is 10.9. The highest BCUT2D eigenvalue weighted by Gasteiger charge is 2.59. The van der Waals surface area contributed by atoms with Crippen LogP contribution in [0.25, 0.3) is 0 Å². The van der Waals surface area contributed by atoms with Crippen molar-refractivity contribution in [1.82, 2.24) is 9.78 Å². The molecular formula is C26H29N3O4. The van der Waals surface area contributed by atoms with E-state index in [1.165, 1.54) is 31.3 Å². The molecule has 2 amide bonds. The number of hydrogen-bond donors (Lipinski definition) is 0. The van der Waals surface area contributed by atoms with Gasteiger partial charge in [0.05, 0.1) is 18.3 Å². The molecule has 7 rings (SSSR count). The first-order chi connectivity index (χ1) is 15.8. The fraction of sp³-hybridized carbons (Fsp3) is 0.538. The topological polar surface area (TPSA) is 81.5 Å². The number of nitrogens with zero attached hydrogens (tertiary/aromatic N) is 3. The summed E-state index contributed by atoms with van der Waals surface area (Å²) in [5, 5.41) is 4.65. The van der Waals surface area contributed by atoms with Crippen LogP contribution < -0.4 is 4.90 Å². The molecule has 2 aromatic rings. The molecule has 0 N–H and O–H groups in total. The predicted octanol–water partition coefficient (Wildman–Crippen LogP) is 4.35. The Hall–Kier alpha value is -2.96. The Morgan fingerprint density at radius 1 is 1.09 bits per heavy atom. The third-order valence-electron chi connectivity index (χ3n) is 8.46. The van der Waals surface area contributed by atoms with Gasteiger partial charge < -0.3 is 4.74 Å². The van der Waals surface area contributed by atoms with Crippen molar-refractivity contribution in [3.05, 3.63) is 46.8 Å². The van der Waals surface area contributed by atoms with Crippen LogP contribution in [-0.2, 0) is 16.7 Å². The summed E-state index contributed by atoms with van der Waals surface area (Å²) in [4.78, 5) is 41.2. The first-order valence-corrected chi connectivity index (χ1v) is 12.0. The van der Waals surface area contributed by atoms with Gasteiger partial charge in [0.1, 0.15) is 11.3 Å². The fourth-order valence-corrected chi connectivity index (χ4v) is 7.74. The van der Waals surface area contributed by atoms with Crippen molar-refractivity contribution in [2.45, 2.75) is 64.3 Å². The Morgan fingerprint density at radius 2 is 1.76 bits per heavy atom. The van der Waals surface area contributed by atoms with Crippen molar-refractivity contribution in [3.8, 4) is 0 Å². The number of benzene rings is 1. The second-order valence-electron chi connectivity index (χ2n) is 10.9. The van der Waals surface area contributed by atoms with Crippen molar-refractivity contribution in [1.29, 1.82) is 0 Å². The summed E-state index contributed by atoms with van der Waals surface area (Å²) in [6.07, 6.45) is 7.33. The van der Waals surface area contributed by atoms with Gasteiger partial charge in [-0.25, -0.2) is 9.69 Å². The molecule has 2 heterocycles. The lowest BCUT2D eigenvalue weighted by Crippen LogP contribution is -2.56. The maximum atomic E-state index is 13.8. The lowest BCUT2D eigenvalue weighted by atomic mass is 9.47. The first-order valence-electron chi connectivity index (χ1n) is 12.0. The third-order valence-corrected chi connectivity index (χ3v) is 8.46. The normalized spacial score (nSPS) is 31.9. The van der Waals surface area contributed by atoms with Crippen molar-refractivity contribution < 1.29 is 19.1 Å². The van der Waals surface area contributed by atoms with E-state index >= 15 is 0 Å². The molecule has 7 heteroatoms. The van der Waals surface area contributed by atoms with Crippen LogP contribution in [0, 0.1) is 17.3 Å². The van der Waals surface area contributed by atoms with E-state index in [1.807, 2.05) is 12.1 Å². The summed E-state index contributed by atoms with van der Waals surface area (Å²) in [6, 6.07) is 7.43. The zero-order chi connectivity index (χ0) is 23.1. The number of carbonyl (C=O) groups excluding carboxylic acids is 3. The van der Waals surface area contributed by atoms with Crippen molar-refractivity contribution in [2.75, 3.05) is 12.0 Å². The smallest absolute Gasteiger partial charge is 0.359 e. The molecule has 4 fully saturated rings. The van der Waals surface area contributed by atoms with E-state index in [4.69, 9.17) is 4.74 Å². The van der Waals surface area contributed by atoms with E-state index in [2.05, 4.69) is 18.9 Å². The monoisotopic (exact) mass is 447 g/mol. The number of rotatable bonds is 4. The molecule has 0 spiro atoms. The Balaban J connectivity index is 1.50. The number of aryl methyl sites for hydroxylation is 1. The highest BCUT2D eigenvalue weighted by molar-refractivity contribution is 6.35. The van der Waals surface area contributed by atoms with Crippen LogP contribution in [0.4, 0.5) is 5.69 Å². The molecule has 7 nitrogen and oxygen atoms in total. The lowest BCUT2D eigenvalue weighted by molar-refractivity contribution is -0.0978. The van der Waals surface area contributed by atoms with Gasteiger partial charge in [-0.1, -0.05) is 26.0 Å². The number of ether oxygens (including phenoxy) is 1. The number of aromatic nitrogens is 2. The van der Waals surface area contributed by atoms with E-state index < -0.39 is 17.8 Å². The van der Waals surface area contributed by atoms with E-state index in [1.54, 1.807) is 16.8 Å². The average Bonchev–Trinajstić information content (AvgIpc) is 3.29. The number of esters is 1. The van der Waals surface area contributed by atoms with E-state index in [0.29, 0.717) is 17.5 Å². The van der Waals surface area contributed by atoms with Crippen molar-refractivity contribution in [3.63, 3.8) is 0 Å². The van der Waals surface area contributed by atoms with Gasteiger partial charge in [-0.05, 0) is 79.9 Å². The summed E-state index contributed by atoms with van der Waals surface area (Å²) in [7, 11) is 1.28. The number of imide groups is 1. The quantitative estimate of drug-likeness (QED) is 0.514. The van der Waals surface area contributed by atoms with Crippen molar-refractivity contribution in [2.24, 2.45) is 17.3 Å². The summed E-state index contributed by atoms with van der Waals surface area (Å²) in [6.45, 7) is 4.40. The van der Waals surface area contributed by atoms with Gasteiger partial charge in [0.2, 0.25) is 0 Å². The zero-order valence-corrected chi connectivity index (χ0v) is 19.4. The molecule has 4 aliphatic carbocycles. The summed E-state index contributed by atoms with van der Waals surface area (Å²) >= 11 is 0. The van der Waals surface area contributed by atoms with Gasteiger partial charge in [0.15, 0.2) is 5.69 Å². The summed E-state index contributed by atoms with van der Waals surface area (Å²) < 4.78 is 6.75. The SMILES string of the molecule is CCc1ccc(N2C(=O)c3c(C(=O)OC)nn(C45C[C@@H]6C[C@@H](CC(C)(C6)C4)C5)c3C2=O)cc1. The number of fused-ring (bicyclic) bond motifs is 1. The van der Waals surface area contributed by atoms with Crippen LogP contribution in [0.5, 0.6) is 0 Å². The minimum Gasteiger partial charge on any atom is -0.464 e. The number of carbonyl (C=O) groups is 3. The van der Waals surface area contributed by atoms with Crippen LogP contribution in [0.15, 0.2) is 24.3 Å². The minimum atomic E-state index is -0.676. The van der Waals surface area contributed by atoms with E-state index in [-0.39, 0.29) is 27.9 Å². The minimum absolute atomic E-state index is 0.0422. The van der Waals surface area contributed by atoms with Crippen LogP contribution in [0.1, 0.15) is 89.3 Å². The number of methoxy groups -OCH3 is 1. The molecule has 5 aliphatic rings. The Kier molecular flexibility index (Phi) is 4.24. The van der Waals surface area contributed by atoms with Gasteiger partial charge in [0.25, 0.3) is 11.8 Å². The Morgan fingerprint density at radius 3 is 2.33 bits per heavy atom. The second kappa shape index (κ2) is 6.78. The molecule has 1 aromatic heterocycles. The standard InChI is InChI=1S/C26H29N3O4/c1-4-15-5-7-18(8-6-15)28-22(30)19-20(24(32)33-3)27-29(21(19)23(28)31)26-12-16-9-17(13-26)11-25(2,10-16)14-26/h5-8,16-17H,4,9-14H2,1-3H3/t16-,17+,25?,26?. The molecule has 1 aromatic carbocycles. The van der Waals surface area contributed by atoms with Gasteiger partial charge >= 0.3 is 5.97 Å². The molecule has 172 valence electrons. The largest absolute Gasteiger partial charge is 0.464 e. The van der Waals surface area contributed by atoms with E-state index in [0.717, 1.165) is 31.2 Å². The molecule has 4 bridgehead atoms. The molecule has 1 aliphatic heterocycles. The lowest BCUT2D eigenvalue weighted by Gasteiger charge is -2.61. The third kappa shape index (κ3) is 2.80. The predicted molar refractivity (Wildman–Crippen MR) is 121 cm³/mol. The van der Waals surface area contributed by atoms with Gasteiger partial charge in [-0.15, -0.1) is 0 Å². The van der Waals surface area contributed by atoms with E-state index in [9.17, 15) is 14.4 Å². The molecule has 33 heavy (non-hydrogen) atoms. The van der Waals surface area contributed by atoms with Crippen LogP contribution in [0.3, 0.4) is 0 Å². The van der Waals surface area contributed by atoms with Crippen LogP contribution in [0.2, 0.25) is 0 Å². The van der Waals surface area contributed by atoms with Crippen molar-refractivity contribution >= 4 is 23.5 Å². The highest BCUT2D eigenvalue weighted by Crippen LogP contribution is 2.64. The molecule has 2 unspecified atom stereocenters. The van der Waals surface area contributed by atoms with Crippen LogP contribution in [-0.4, -0.2) is 34.7 Å². The summed E-state index contributed by atoms with van der Waals surface area (Å²) in [5.41, 5.74) is 1.83. The number of anilines is 1. The molecule has 0 saturated heterocycles. The fourth-order valence-electron chi connectivity index (χ4n) is 7.74. The average molecular weight is 448 g/mol. The summed E-state index contributed by atoms with van der Waals surface area (Å²) in [5.74, 6) is -0.375. The molecule has 4 atom stereocenters. The van der Waals surface area contributed by atoms with Gasteiger partial charge in [0, 0.05) is 0 Å². The number of amides is 2. The molecular weight excluding hydrogens is 418 g/mol. The molecule has 0 radical (unpaired) electrons. The molecule has 4 saturated carbocycles. The Labute approximate surface area is 193 Å². The van der Waals surface area contributed by atoms with Gasteiger partial charge in [-0.3, -0.25) is 14.3 Å². The number of hydrogen-bond acceptors (Lipinski definition) is 5. The van der Waals surface area contributed by atoms with Crippen LogP contribution >= 0.6 is 0 Å². The Bertz CT molecular complexity index is 1180. The zero-order valence-electron chi connectivity index (χ0n) is 19.4. The maximum Gasteiger partial charge on any atom is 0.359 e. The maximum absolute atomic E-state index is 13.8. The van der Waals surface area contributed by atoms with Gasteiger partial charge in [-0.2, -0.15) is 5.10 Å². The first kappa shape index (κ1) is 20.6. The highest BCUT2D eigenvalue weighted by atomic mass is 16.5.